The van der Waals surface area contributed by atoms with E-state index in [9.17, 15) is 9.18 Å². The number of nitrogens with zero attached hydrogens (tertiary/aromatic N) is 4. The lowest BCUT2D eigenvalue weighted by atomic mass is 9.92. The molecule has 7 nitrogen and oxygen atoms in total. The van der Waals surface area contributed by atoms with Crippen molar-refractivity contribution in [1.29, 1.82) is 0 Å². The summed E-state index contributed by atoms with van der Waals surface area (Å²) in [6.07, 6.45) is 7.23. The largest absolute Gasteiger partial charge is 0.457 e. The van der Waals surface area contributed by atoms with Gasteiger partial charge >= 0.3 is 0 Å². The molecule has 2 unspecified atom stereocenters. The van der Waals surface area contributed by atoms with Gasteiger partial charge in [0.2, 0.25) is 5.91 Å². The fourth-order valence-corrected chi connectivity index (χ4v) is 5.70. The number of benzene rings is 2. The van der Waals surface area contributed by atoms with Gasteiger partial charge in [0.15, 0.2) is 5.96 Å². The van der Waals surface area contributed by atoms with Crippen LogP contribution in [0.4, 0.5) is 4.39 Å². The maximum Gasteiger partial charge on any atom is 0.236 e. The molecule has 2 aliphatic rings. The average Bonchev–Trinajstić information content (AvgIpc) is 2.93. The lowest BCUT2D eigenvalue weighted by Crippen LogP contribution is -2.55. The Labute approximate surface area is 269 Å². The van der Waals surface area contributed by atoms with Crippen LogP contribution in [0, 0.1) is 30.0 Å². The molecule has 0 spiro atoms. The van der Waals surface area contributed by atoms with Crippen molar-refractivity contribution >= 4 is 52.1 Å². The Kier molecular flexibility index (Phi) is 13.2. The van der Waals surface area contributed by atoms with Crippen molar-refractivity contribution in [2.75, 3.05) is 52.4 Å². The van der Waals surface area contributed by atoms with Crippen molar-refractivity contribution in [2.24, 2.45) is 16.8 Å². The molecule has 228 valence electrons. The van der Waals surface area contributed by atoms with Crippen molar-refractivity contribution in [2.45, 2.75) is 33.2 Å². The maximum atomic E-state index is 13.6. The van der Waals surface area contributed by atoms with Crippen LogP contribution in [-0.2, 0) is 11.3 Å². The zero-order valence-electron chi connectivity index (χ0n) is 24.1. The number of terminal acetylenes is 1. The van der Waals surface area contributed by atoms with E-state index in [4.69, 9.17) is 39.4 Å². The van der Waals surface area contributed by atoms with Crippen LogP contribution in [-0.4, -0.2) is 78.9 Å². The molecular weight excluding hydrogens is 644 g/mol. The summed E-state index contributed by atoms with van der Waals surface area (Å²) in [6.45, 7) is 10.5. The summed E-state index contributed by atoms with van der Waals surface area (Å²) >= 11 is 12.2. The average molecular weight is 683 g/mol. The van der Waals surface area contributed by atoms with E-state index in [-0.39, 0.29) is 27.9 Å². The van der Waals surface area contributed by atoms with Crippen molar-refractivity contribution in [3.8, 4) is 23.8 Å². The number of hydrogen-bond donors (Lipinski definition) is 1. The minimum absolute atomic E-state index is 0. The third-order valence-corrected chi connectivity index (χ3v) is 7.88. The van der Waals surface area contributed by atoms with Crippen molar-refractivity contribution in [3.05, 3.63) is 57.8 Å². The number of amides is 1. The van der Waals surface area contributed by atoms with Gasteiger partial charge in [-0.05, 0) is 42.5 Å². The molecule has 2 saturated heterocycles. The summed E-state index contributed by atoms with van der Waals surface area (Å²) in [5.74, 6) is 5.11. The van der Waals surface area contributed by atoms with E-state index in [0.29, 0.717) is 54.4 Å². The number of piperidine rings is 1. The maximum absolute atomic E-state index is 13.6. The number of ether oxygens (including phenoxy) is 1. The number of hydrogen-bond acceptors (Lipinski definition) is 4. The quantitative estimate of drug-likeness (QED) is 0.158. The van der Waals surface area contributed by atoms with Crippen LogP contribution in [0.15, 0.2) is 41.4 Å². The van der Waals surface area contributed by atoms with E-state index in [2.05, 4.69) is 34.9 Å². The Morgan fingerprint density at radius 2 is 1.81 bits per heavy atom. The summed E-state index contributed by atoms with van der Waals surface area (Å²) < 4.78 is 19.6. The van der Waals surface area contributed by atoms with E-state index >= 15 is 0 Å². The lowest BCUT2D eigenvalue weighted by molar-refractivity contribution is -0.135. The molecular formula is C31H39BrCl2FN5O2. The number of likely N-dealkylation sites (tertiary alicyclic amines) is 1. The van der Waals surface area contributed by atoms with Crippen molar-refractivity contribution < 1.29 is 13.9 Å². The molecule has 42 heavy (non-hydrogen) atoms. The minimum Gasteiger partial charge on any atom is -0.457 e. The highest BCUT2D eigenvalue weighted by Crippen LogP contribution is 2.31. The molecule has 0 aromatic heterocycles. The summed E-state index contributed by atoms with van der Waals surface area (Å²) in [5.41, 5.74) is 0.806. The SMILES string of the molecule is Br.C#CCCNC(=NCc1ccc(Cl)cc1Oc1ccc(F)c(Cl)c1)N1CCN(CC(=O)N2CC(C)CC(C)C2)CC1. The second kappa shape index (κ2) is 16.4. The number of nitrogens with one attached hydrogen (secondary N) is 1. The first-order chi connectivity index (χ1) is 19.7. The summed E-state index contributed by atoms with van der Waals surface area (Å²) in [5, 5.41) is 3.87. The molecule has 0 radical (unpaired) electrons. The number of rotatable bonds is 8. The van der Waals surface area contributed by atoms with Crippen LogP contribution in [0.25, 0.3) is 0 Å². The van der Waals surface area contributed by atoms with Gasteiger partial charge in [-0.25, -0.2) is 9.38 Å². The highest BCUT2D eigenvalue weighted by atomic mass is 79.9. The standard InChI is InChI=1S/C31H38Cl2FN5O2.BrH/c1-4-5-10-35-31(38-13-11-37(12-14-38)21-30(40)39-19-22(2)15-23(3)20-39)36-18-24-6-7-25(32)16-29(24)41-26-8-9-28(34)27(33)17-26;/h1,6-9,16-17,22-23H,5,10-15,18-21H2,2-3H3,(H,35,36);1H. The molecule has 2 heterocycles. The molecule has 2 aromatic carbocycles. The molecule has 1 amide bonds. The van der Waals surface area contributed by atoms with Crippen molar-refractivity contribution in [3.63, 3.8) is 0 Å². The summed E-state index contributed by atoms with van der Waals surface area (Å²) in [7, 11) is 0. The van der Waals surface area contributed by atoms with E-state index in [0.717, 1.165) is 50.8 Å². The first-order valence-electron chi connectivity index (χ1n) is 14.1. The van der Waals surface area contributed by atoms with Crippen LogP contribution >= 0.6 is 40.2 Å². The van der Waals surface area contributed by atoms with Crippen molar-refractivity contribution in [1.82, 2.24) is 20.0 Å². The second-order valence-electron chi connectivity index (χ2n) is 11.0. The zero-order valence-corrected chi connectivity index (χ0v) is 27.3. The van der Waals surface area contributed by atoms with Gasteiger partial charge in [0.05, 0.1) is 18.1 Å². The Bertz CT molecular complexity index is 1270. The topological polar surface area (TPSA) is 60.4 Å². The van der Waals surface area contributed by atoms with E-state index in [1.165, 1.54) is 24.6 Å². The van der Waals surface area contributed by atoms with Crippen LogP contribution in [0.5, 0.6) is 11.5 Å². The highest BCUT2D eigenvalue weighted by Gasteiger charge is 2.28. The highest BCUT2D eigenvalue weighted by molar-refractivity contribution is 8.93. The molecule has 0 bridgehead atoms. The lowest BCUT2D eigenvalue weighted by Gasteiger charge is -2.39. The molecule has 2 fully saturated rings. The molecule has 1 N–H and O–H groups in total. The molecule has 4 rings (SSSR count). The molecule has 0 saturated carbocycles. The summed E-state index contributed by atoms with van der Waals surface area (Å²) in [6, 6.07) is 9.54. The van der Waals surface area contributed by atoms with Crippen LogP contribution in [0.3, 0.4) is 0 Å². The zero-order chi connectivity index (χ0) is 29.4. The third-order valence-electron chi connectivity index (χ3n) is 7.35. The third kappa shape index (κ3) is 9.77. The number of halogens is 4. The van der Waals surface area contributed by atoms with E-state index in [1.807, 2.05) is 11.0 Å². The molecule has 2 aromatic rings. The molecule has 2 atom stereocenters. The monoisotopic (exact) mass is 681 g/mol. The molecule has 2 aliphatic heterocycles. The van der Waals surface area contributed by atoms with Gasteiger partial charge < -0.3 is 19.9 Å². The predicted molar refractivity (Wildman–Crippen MR) is 173 cm³/mol. The smallest absolute Gasteiger partial charge is 0.236 e. The van der Waals surface area contributed by atoms with Gasteiger partial charge in [-0.1, -0.05) is 43.1 Å². The van der Waals surface area contributed by atoms with Gasteiger partial charge in [0, 0.05) is 68.9 Å². The van der Waals surface area contributed by atoms with Gasteiger partial charge in [0.1, 0.15) is 17.3 Å². The number of carbonyl (C=O) groups excluding carboxylic acids is 1. The van der Waals surface area contributed by atoms with Crippen LogP contribution < -0.4 is 10.1 Å². The van der Waals surface area contributed by atoms with E-state index in [1.54, 1.807) is 12.1 Å². The van der Waals surface area contributed by atoms with E-state index < -0.39 is 5.82 Å². The Hall–Kier alpha value is -2.51. The first-order valence-corrected chi connectivity index (χ1v) is 14.9. The fraction of sp³-hybridized carbons (Fsp3) is 0.484. The van der Waals surface area contributed by atoms with Gasteiger partial charge in [0.25, 0.3) is 0 Å². The van der Waals surface area contributed by atoms with Gasteiger partial charge in [-0.15, -0.1) is 29.3 Å². The molecule has 11 heteroatoms. The van der Waals surface area contributed by atoms with Crippen LogP contribution in [0.1, 0.15) is 32.3 Å². The molecule has 0 aliphatic carbocycles. The number of aliphatic imine (C=N–C) groups is 1. The second-order valence-corrected chi connectivity index (χ2v) is 11.8. The number of guanidine groups is 1. The minimum atomic E-state index is -0.516. The Morgan fingerprint density at radius 1 is 1.10 bits per heavy atom. The van der Waals surface area contributed by atoms with Crippen LogP contribution in [0.2, 0.25) is 10.0 Å². The van der Waals surface area contributed by atoms with Gasteiger partial charge in [-0.2, -0.15) is 0 Å². The normalized spacial score (nSPS) is 19.6. The Balaban J connectivity index is 0.00000484. The number of carbonyl (C=O) groups is 1. The predicted octanol–water partition coefficient (Wildman–Crippen LogP) is 6.09. The Morgan fingerprint density at radius 3 is 2.48 bits per heavy atom. The first kappa shape index (κ1) is 34.0. The summed E-state index contributed by atoms with van der Waals surface area (Å²) in [4.78, 5) is 24.3. The van der Waals surface area contributed by atoms with Gasteiger partial charge in [-0.3, -0.25) is 9.69 Å². The fourth-order valence-electron chi connectivity index (χ4n) is 5.37. The number of piperazine rings is 1.